The number of carbonyl (C=O) groups is 1. The first-order valence-electron chi connectivity index (χ1n) is 6.84. The van der Waals surface area contributed by atoms with Gasteiger partial charge in [0.25, 0.3) is 0 Å². The monoisotopic (exact) mass is 282 g/mol. The molecule has 110 valence electrons. The molecule has 3 nitrogen and oxygen atoms in total. The molecule has 1 fully saturated rings. The minimum atomic E-state index is -0.399. The number of amides is 1. The fraction of sp³-hybridized carbons (Fsp3) is 0.533. The molecular weight excluding hydrogens is 262 g/mol. The molecule has 0 radical (unpaired) electrons. The van der Waals surface area contributed by atoms with E-state index in [-0.39, 0.29) is 18.0 Å². The summed E-state index contributed by atoms with van der Waals surface area (Å²) in [7, 11) is 1.76. The van der Waals surface area contributed by atoms with Crippen LogP contribution in [0.4, 0.5) is 8.78 Å². The largest absolute Gasteiger partial charge is 0.344 e. The zero-order valence-corrected chi connectivity index (χ0v) is 12.0. The van der Waals surface area contributed by atoms with Crippen molar-refractivity contribution in [1.82, 2.24) is 10.2 Å². The van der Waals surface area contributed by atoms with Crippen LogP contribution in [0.25, 0.3) is 0 Å². The molecule has 0 saturated carbocycles. The summed E-state index contributed by atoms with van der Waals surface area (Å²) >= 11 is 0. The van der Waals surface area contributed by atoms with E-state index in [1.165, 1.54) is 12.1 Å². The number of nitrogens with one attached hydrogen (secondary N) is 1. The van der Waals surface area contributed by atoms with E-state index in [2.05, 4.69) is 5.32 Å². The van der Waals surface area contributed by atoms with Gasteiger partial charge in [-0.3, -0.25) is 4.79 Å². The molecule has 1 aromatic rings. The first kappa shape index (κ1) is 14.9. The average molecular weight is 282 g/mol. The van der Waals surface area contributed by atoms with Gasteiger partial charge in [0.1, 0.15) is 11.6 Å². The van der Waals surface area contributed by atoms with E-state index >= 15 is 0 Å². The Hall–Kier alpha value is -1.49. The van der Waals surface area contributed by atoms with E-state index in [4.69, 9.17) is 0 Å². The fourth-order valence-corrected chi connectivity index (χ4v) is 2.59. The van der Waals surface area contributed by atoms with Crippen molar-refractivity contribution in [3.05, 3.63) is 34.9 Å². The van der Waals surface area contributed by atoms with Crippen molar-refractivity contribution in [2.75, 3.05) is 13.6 Å². The Morgan fingerprint density at radius 3 is 2.70 bits per heavy atom. The Morgan fingerprint density at radius 1 is 1.35 bits per heavy atom. The van der Waals surface area contributed by atoms with Crippen LogP contribution in [0.2, 0.25) is 0 Å². The molecule has 0 aliphatic carbocycles. The lowest BCUT2D eigenvalue weighted by molar-refractivity contribution is -0.132. The number of rotatable bonds is 3. The van der Waals surface area contributed by atoms with Crippen molar-refractivity contribution >= 4 is 5.91 Å². The van der Waals surface area contributed by atoms with Gasteiger partial charge in [0.05, 0.1) is 0 Å². The molecule has 1 N–H and O–H groups in total. The van der Waals surface area contributed by atoms with Crippen LogP contribution in [0.1, 0.15) is 36.9 Å². The number of piperidine rings is 1. The topological polar surface area (TPSA) is 32.3 Å². The number of nitrogens with zero attached hydrogens (tertiary/aromatic N) is 1. The molecule has 2 rings (SSSR count). The smallest absolute Gasteiger partial charge is 0.222 e. The highest BCUT2D eigenvalue weighted by atomic mass is 19.1. The molecule has 2 unspecified atom stereocenters. The minimum absolute atomic E-state index is 0.108. The maximum Gasteiger partial charge on any atom is 0.222 e. The van der Waals surface area contributed by atoms with E-state index in [0.29, 0.717) is 24.1 Å². The van der Waals surface area contributed by atoms with Crippen molar-refractivity contribution < 1.29 is 13.6 Å². The van der Waals surface area contributed by atoms with E-state index < -0.39 is 11.6 Å². The summed E-state index contributed by atoms with van der Waals surface area (Å²) in [5.74, 6) is -0.668. The molecule has 0 aromatic heterocycles. The summed E-state index contributed by atoms with van der Waals surface area (Å²) in [5, 5.41) is 3.27. The third kappa shape index (κ3) is 3.15. The maximum absolute atomic E-state index is 13.9. The van der Waals surface area contributed by atoms with Crippen LogP contribution in [0.15, 0.2) is 12.1 Å². The number of likely N-dealkylation sites (N-methyl/N-ethyl adjacent to an activating group) is 1. The lowest BCUT2D eigenvalue weighted by atomic mass is 10.0. The minimum Gasteiger partial charge on any atom is -0.344 e. The van der Waals surface area contributed by atoms with Crippen molar-refractivity contribution in [2.24, 2.45) is 0 Å². The van der Waals surface area contributed by atoms with E-state index in [1.807, 2.05) is 6.92 Å². The quantitative estimate of drug-likeness (QED) is 0.924. The summed E-state index contributed by atoms with van der Waals surface area (Å²) in [6.45, 7) is 3.95. The van der Waals surface area contributed by atoms with Crippen molar-refractivity contribution in [3.8, 4) is 0 Å². The number of carbonyl (C=O) groups excluding carboxylic acids is 1. The van der Waals surface area contributed by atoms with Gasteiger partial charge >= 0.3 is 0 Å². The number of hydrogen-bond donors (Lipinski definition) is 1. The van der Waals surface area contributed by atoms with Crippen molar-refractivity contribution in [3.63, 3.8) is 0 Å². The van der Waals surface area contributed by atoms with Gasteiger partial charge in [-0.05, 0) is 38.0 Å². The van der Waals surface area contributed by atoms with Gasteiger partial charge in [0.2, 0.25) is 5.91 Å². The summed E-state index contributed by atoms with van der Waals surface area (Å²) in [6.07, 6.45) is 1.22. The summed E-state index contributed by atoms with van der Waals surface area (Å²) in [6, 6.07) is 2.28. The van der Waals surface area contributed by atoms with Gasteiger partial charge in [-0.25, -0.2) is 8.78 Å². The highest BCUT2D eigenvalue weighted by Crippen LogP contribution is 2.22. The third-order valence-corrected chi connectivity index (χ3v) is 3.86. The highest BCUT2D eigenvalue weighted by Gasteiger charge is 2.25. The number of aryl methyl sites for hydroxylation is 1. The lowest BCUT2D eigenvalue weighted by Gasteiger charge is -2.32. The molecule has 1 aromatic carbocycles. The van der Waals surface area contributed by atoms with Gasteiger partial charge in [-0.2, -0.15) is 0 Å². The molecule has 1 aliphatic rings. The van der Waals surface area contributed by atoms with Gasteiger partial charge in [0, 0.05) is 37.7 Å². The molecule has 2 atom stereocenters. The summed E-state index contributed by atoms with van der Waals surface area (Å²) in [4.78, 5) is 13.1. The maximum atomic E-state index is 13.9. The van der Waals surface area contributed by atoms with Gasteiger partial charge in [-0.1, -0.05) is 0 Å². The van der Waals surface area contributed by atoms with Crippen LogP contribution < -0.4 is 5.32 Å². The van der Waals surface area contributed by atoms with Crippen LogP contribution in [0, 0.1) is 18.6 Å². The Bertz CT molecular complexity index is 519. The fourth-order valence-electron chi connectivity index (χ4n) is 2.59. The molecule has 0 spiro atoms. The number of hydrogen-bond acceptors (Lipinski definition) is 2. The standard InChI is InChI=1S/C15H20F2N2O/c1-9-6-14(17)12(7-13(9)16)10(2)18-11-4-5-15(20)19(3)8-11/h6-7,10-11,18H,4-5,8H2,1-3H3. The molecular formula is C15H20F2N2O. The molecule has 0 bridgehead atoms. The second-order valence-electron chi connectivity index (χ2n) is 5.52. The van der Waals surface area contributed by atoms with Crippen LogP contribution in [-0.2, 0) is 4.79 Å². The van der Waals surface area contributed by atoms with Crippen molar-refractivity contribution in [2.45, 2.75) is 38.8 Å². The SMILES string of the molecule is Cc1cc(F)c(C(C)NC2CCC(=O)N(C)C2)cc1F. The van der Waals surface area contributed by atoms with E-state index in [0.717, 1.165) is 6.42 Å². The molecule has 20 heavy (non-hydrogen) atoms. The molecule has 5 heteroatoms. The zero-order chi connectivity index (χ0) is 14.9. The highest BCUT2D eigenvalue weighted by molar-refractivity contribution is 5.76. The Morgan fingerprint density at radius 2 is 2.05 bits per heavy atom. The normalized spacial score (nSPS) is 21.1. The molecule has 1 saturated heterocycles. The van der Waals surface area contributed by atoms with E-state index in [9.17, 15) is 13.6 Å². The van der Waals surface area contributed by atoms with Gasteiger partial charge in [-0.15, -0.1) is 0 Å². The van der Waals surface area contributed by atoms with E-state index in [1.54, 1.807) is 18.9 Å². The molecule has 1 amide bonds. The first-order valence-corrected chi connectivity index (χ1v) is 6.84. The van der Waals surface area contributed by atoms with Crippen molar-refractivity contribution in [1.29, 1.82) is 0 Å². The summed E-state index contributed by atoms with van der Waals surface area (Å²) < 4.78 is 27.5. The van der Waals surface area contributed by atoms with Crippen LogP contribution in [0.3, 0.4) is 0 Å². The Kier molecular flexibility index (Phi) is 4.38. The number of benzene rings is 1. The Labute approximate surface area is 118 Å². The van der Waals surface area contributed by atoms with Crippen LogP contribution in [0.5, 0.6) is 0 Å². The number of likely N-dealkylation sites (tertiary alicyclic amines) is 1. The second-order valence-corrected chi connectivity index (χ2v) is 5.52. The average Bonchev–Trinajstić information content (AvgIpc) is 2.38. The molecule has 1 heterocycles. The van der Waals surface area contributed by atoms with Gasteiger partial charge < -0.3 is 10.2 Å². The van der Waals surface area contributed by atoms with Gasteiger partial charge in [0.15, 0.2) is 0 Å². The zero-order valence-electron chi connectivity index (χ0n) is 12.0. The predicted molar refractivity (Wildman–Crippen MR) is 73.3 cm³/mol. The number of halogens is 2. The second kappa shape index (κ2) is 5.87. The molecule has 1 aliphatic heterocycles. The van der Waals surface area contributed by atoms with Crippen LogP contribution in [-0.4, -0.2) is 30.4 Å². The lowest BCUT2D eigenvalue weighted by Crippen LogP contribution is -2.47. The van der Waals surface area contributed by atoms with Crippen LogP contribution >= 0.6 is 0 Å². The first-order chi connectivity index (χ1) is 9.38. The Balaban J connectivity index is 2.07. The third-order valence-electron chi connectivity index (χ3n) is 3.86. The predicted octanol–water partition coefficient (Wildman–Crippen LogP) is 2.54. The summed E-state index contributed by atoms with van der Waals surface area (Å²) in [5.41, 5.74) is 0.633.